The van der Waals surface area contributed by atoms with E-state index in [9.17, 15) is 0 Å². The minimum Gasteiger partial charge on any atom is -0.420 e. The van der Waals surface area contributed by atoms with Gasteiger partial charge in [0, 0.05) is 10.6 Å². The van der Waals surface area contributed by atoms with E-state index in [1.165, 1.54) is 11.8 Å². The summed E-state index contributed by atoms with van der Waals surface area (Å²) in [5, 5.41) is 17.7. The summed E-state index contributed by atoms with van der Waals surface area (Å²) in [7, 11) is 0. The van der Waals surface area contributed by atoms with Crippen molar-refractivity contribution in [2.45, 2.75) is 11.0 Å². The van der Waals surface area contributed by atoms with Crippen LogP contribution in [-0.2, 0) is 5.75 Å². The molecule has 0 bridgehead atoms. The van der Waals surface area contributed by atoms with Crippen molar-refractivity contribution in [3.8, 4) is 22.9 Å². The van der Waals surface area contributed by atoms with Crippen LogP contribution in [0.1, 0.15) is 5.89 Å². The van der Waals surface area contributed by atoms with Crippen molar-refractivity contribution in [1.29, 1.82) is 0 Å². The molecule has 0 fully saturated rings. The van der Waals surface area contributed by atoms with Gasteiger partial charge in [0.25, 0.3) is 5.22 Å². The maximum absolute atomic E-state index is 6.14. The molecule has 0 saturated carbocycles. The van der Waals surface area contributed by atoms with Gasteiger partial charge >= 0.3 is 0 Å². The summed E-state index contributed by atoms with van der Waals surface area (Å²) in [6.45, 7) is 0. The number of hydrogen-bond acceptors (Lipinski definition) is 7. The first kappa shape index (κ1) is 17.1. The monoisotopic (exact) mass is 404 g/mol. The van der Waals surface area contributed by atoms with Crippen molar-refractivity contribution in [3.63, 3.8) is 0 Å². The van der Waals surface area contributed by atoms with Gasteiger partial charge < -0.3 is 8.83 Å². The number of nitrogens with zero attached hydrogens (tertiary/aromatic N) is 4. The summed E-state index contributed by atoms with van der Waals surface area (Å²) >= 11 is 13.3. The highest BCUT2D eigenvalue weighted by Crippen LogP contribution is 2.29. The summed E-state index contributed by atoms with van der Waals surface area (Å²) in [5.41, 5.74) is 1.49. The number of aromatic nitrogens is 4. The van der Waals surface area contributed by atoms with E-state index in [1.54, 1.807) is 18.2 Å². The average Bonchev–Trinajstić information content (AvgIpc) is 3.30. The summed E-state index contributed by atoms with van der Waals surface area (Å²) in [5.74, 6) is 1.64. The van der Waals surface area contributed by atoms with Gasteiger partial charge in [0.2, 0.25) is 17.7 Å². The Bertz CT molecular complexity index is 1030. The molecule has 4 aromatic rings. The van der Waals surface area contributed by atoms with Gasteiger partial charge in [-0.2, -0.15) is 0 Å². The lowest BCUT2D eigenvalue weighted by Gasteiger charge is -1.96. The standard InChI is InChI=1S/C17H10Cl2N4O2S/c18-11-7-5-10(6-8-11)15-21-23-17(25-15)26-9-14-20-22-16(24-14)12-3-1-2-4-13(12)19/h1-8H,9H2. The van der Waals surface area contributed by atoms with Gasteiger partial charge in [-0.3, -0.25) is 0 Å². The van der Waals surface area contributed by atoms with E-state index in [0.717, 1.165) is 5.56 Å². The molecule has 2 aromatic heterocycles. The zero-order chi connectivity index (χ0) is 17.9. The van der Waals surface area contributed by atoms with E-state index in [-0.39, 0.29) is 0 Å². The first-order valence-corrected chi connectivity index (χ1v) is 9.23. The molecule has 9 heteroatoms. The molecule has 4 rings (SSSR count). The van der Waals surface area contributed by atoms with Crippen molar-refractivity contribution < 1.29 is 8.83 Å². The van der Waals surface area contributed by atoms with Crippen molar-refractivity contribution in [1.82, 2.24) is 20.4 Å². The maximum atomic E-state index is 6.14. The molecule has 0 amide bonds. The molecule has 26 heavy (non-hydrogen) atoms. The Morgan fingerprint density at radius 2 is 1.58 bits per heavy atom. The Morgan fingerprint density at radius 3 is 2.38 bits per heavy atom. The number of benzene rings is 2. The van der Waals surface area contributed by atoms with Crippen molar-refractivity contribution in [3.05, 3.63) is 64.5 Å². The predicted octanol–water partition coefficient (Wildman–Crippen LogP) is 5.39. The van der Waals surface area contributed by atoms with Crippen molar-refractivity contribution >= 4 is 35.0 Å². The van der Waals surface area contributed by atoms with Gasteiger partial charge in [-0.25, -0.2) is 0 Å². The molecule has 2 aromatic carbocycles. The normalized spacial score (nSPS) is 11.0. The number of rotatable bonds is 5. The van der Waals surface area contributed by atoms with Crippen LogP contribution in [0.4, 0.5) is 0 Å². The van der Waals surface area contributed by atoms with Crippen LogP contribution in [0.5, 0.6) is 0 Å². The Labute approximate surface area is 162 Å². The van der Waals surface area contributed by atoms with Gasteiger partial charge in [0.1, 0.15) is 0 Å². The second kappa shape index (κ2) is 7.49. The van der Waals surface area contributed by atoms with Crippen LogP contribution in [0.2, 0.25) is 10.0 Å². The molecule has 0 saturated heterocycles. The van der Waals surface area contributed by atoms with Crippen LogP contribution in [0.25, 0.3) is 22.9 Å². The highest BCUT2D eigenvalue weighted by atomic mass is 35.5. The Kier molecular flexibility index (Phi) is 4.92. The molecule has 6 nitrogen and oxygen atoms in total. The number of hydrogen-bond donors (Lipinski definition) is 0. The van der Waals surface area contributed by atoms with Crippen LogP contribution in [0, 0.1) is 0 Å². The average molecular weight is 405 g/mol. The first-order valence-electron chi connectivity index (χ1n) is 7.48. The second-order valence-electron chi connectivity index (χ2n) is 5.15. The lowest BCUT2D eigenvalue weighted by Crippen LogP contribution is -1.80. The molecule has 0 radical (unpaired) electrons. The van der Waals surface area contributed by atoms with E-state index in [4.69, 9.17) is 32.0 Å². The van der Waals surface area contributed by atoms with Crippen molar-refractivity contribution in [2.24, 2.45) is 0 Å². The number of halogens is 2. The molecule has 0 unspecified atom stereocenters. The van der Waals surface area contributed by atoms with Crippen LogP contribution >= 0.6 is 35.0 Å². The quantitative estimate of drug-likeness (QED) is 0.412. The molecule has 130 valence electrons. The summed E-state index contributed by atoms with van der Waals surface area (Å²) < 4.78 is 11.3. The third-order valence-electron chi connectivity index (χ3n) is 3.39. The smallest absolute Gasteiger partial charge is 0.277 e. The molecule has 0 atom stereocenters. The summed E-state index contributed by atoms with van der Waals surface area (Å²) in [6.07, 6.45) is 0. The van der Waals surface area contributed by atoms with E-state index in [1.807, 2.05) is 30.3 Å². The first-order chi connectivity index (χ1) is 12.7. The van der Waals surface area contributed by atoms with Gasteiger partial charge in [-0.05, 0) is 36.4 Å². The zero-order valence-corrected chi connectivity index (χ0v) is 15.4. The highest BCUT2D eigenvalue weighted by Gasteiger charge is 2.14. The predicted molar refractivity (Wildman–Crippen MR) is 99.0 cm³/mol. The van der Waals surface area contributed by atoms with Gasteiger partial charge in [-0.1, -0.05) is 47.1 Å². The van der Waals surface area contributed by atoms with E-state index >= 15 is 0 Å². The van der Waals surface area contributed by atoms with Crippen LogP contribution in [-0.4, -0.2) is 20.4 Å². The second-order valence-corrected chi connectivity index (χ2v) is 6.92. The maximum Gasteiger partial charge on any atom is 0.277 e. The van der Waals surface area contributed by atoms with Crippen LogP contribution in [0.3, 0.4) is 0 Å². The fraction of sp³-hybridized carbons (Fsp3) is 0.0588. The molecular weight excluding hydrogens is 395 g/mol. The lowest BCUT2D eigenvalue weighted by atomic mass is 10.2. The fourth-order valence-electron chi connectivity index (χ4n) is 2.16. The Morgan fingerprint density at radius 1 is 0.808 bits per heavy atom. The molecule has 0 N–H and O–H groups in total. The summed E-state index contributed by atoms with van der Waals surface area (Å²) in [6, 6.07) is 14.5. The van der Waals surface area contributed by atoms with Crippen molar-refractivity contribution in [2.75, 3.05) is 0 Å². The SMILES string of the molecule is Clc1ccc(-c2nnc(SCc3nnc(-c4ccccc4Cl)o3)o2)cc1. The molecular formula is C17H10Cl2N4O2S. The largest absolute Gasteiger partial charge is 0.420 e. The highest BCUT2D eigenvalue weighted by molar-refractivity contribution is 7.98. The van der Waals surface area contributed by atoms with Crippen LogP contribution < -0.4 is 0 Å². The summed E-state index contributed by atoms with van der Waals surface area (Å²) in [4.78, 5) is 0. The topological polar surface area (TPSA) is 77.8 Å². The molecule has 2 heterocycles. The molecule has 0 aliphatic carbocycles. The van der Waals surface area contributed by atoms with E-state index < -0.39 is 0 Å². The third kappa shape index (κ3) is 3.75. The minimum atomic E-state index is 0.374. The van der Waals surface area contributed by atoms with E-state index in [2.05, 4.69) is 20.4 Å². The van der Waals surface area contributed by atoms with Gasteiger partial charge in [0.05, 0.1) is 16.3 Å². The fourth-order valence-corrected chi connectivity index (χ4v) is 3.10. The molecule has 0 spiro atoms. The number of thioether (sulfide) groups is 1. The van der Waals surface area contributed by atoms with E-state index in [0.29, 0.717) is 44.3 Å². The third-order valence-corrected chi connectivity index (χ3v) is 4.77. The lowest BCUT2D eigenvalue weighted by molar-refractivity contribution is 0.464. The van der Waals surface area contributed by atoms with Crippen LogP contribution in [0.15, 0.2) is 62.6 Å². The minimum absolute atomic E-state index is 0.374. The molecule has 0 aliphatic heterocycles. The van der Waals surface area contributed by atoms with Gasteiger partial charge in [0.15, 0.2) is 0 Å². The zero-order valence-electron chi connectivity index (χ0n) is 13.1. The molecule has 0 aliphatic rings. The Hall–Kier alpha value is -2.35. The Balaban J connectivity index is 1.44. The van der Waals surface area contributed by atoms with Gasteiger partial charge in [-0.15, -0.1) is 20.4 Å².